The number of urea groups is 1. The Morgan fingerprint density at radius 3 is 2.66 bits per heavy atom. The van der Waals surface area contributed by atoms with E-state index in [1.165, 1.54) is 16.9 Å². The lowest BCUT2D eigenvalue weighted by molar-refractivity contribution is -0.143. The van der Waals surface area contributed by atoms with E-state index in [0.717, 1.165) is 17.5 Å². The monoisotopic (exact) mass is 436 g/mol. The van der Waals surface area contributed by atoms with Gasteiger partial charge in [0.15, 0.2) is 0 Å². The van der Waals surface area contributed by atoms with Crippen molar-refractivity contribution in [1.29, 1.82) is 0 Å². The number of ether oxygens (including phenoxy) is 1. The number of para-hydroxylation sites is 2. The highest BCUT2D eigenvalue weighted by atomic mass is 16.5. The maximum absolute atomic E-state index is 13.4. The molecule has 2 atom stereocenters. The zero-order valence-electron chi connectivity index (χ0n) is 18.3. The van der Waals surface area contributed by atoms with Gasteiger partial charge in [0.25, 0.3) is 0 Å². The van der Waals surface area contributed by atoms with Gasteiger partial charge in [0.2, 0.25) is 11.8 Å². The van der Waals surface area contributed by atoms with Crippen molar-refractivity contribution in [3.05, 3.63) is 59.7 Å². The van der Waals surface area contributed by atoms with Gasteiger partial charge in [-0.2, -0.15) is 0 Å². The van der Waals surface area contributed by atoms with Crippen molar-refractivity contribution < 1.29 is 19.1 Å². The number of imide groups is 1. The first-order chi connectivity index (χ1) is 15.5. The molecule has 4 rings (SSSR count). The van der Waals surface area contributed by atoms with Crippen LogP contribution in [0, 0.1) is 12.8 Å². The molecule has 8 heteroatoms. The van der Waals surface area contributed by atoms with Crippen LogP contribution in [0.2, 0.25) is 0 Å². The first-order valence-corrected chi connectivity index (χ1v) is 10.8. The Bertz CT molecular complexity index is 1010. The summed E-state index contributed by atoms with van der Waals surface area (Å²) in [5, 5.41) is 6.09. The third kappa shape index (κ3) is 4.45. The van der Waals surface area contributed by atoms with E-state index in [2.05, 4.69) is 10.6 Å². The number of aryl methyl sites for hydroxylation is 1. The van der Waals surface area contributed by atoms with Crippen LogP contribution in [0.1, 0.15) is 24.0 Å². The van der Waals surface area contributed by atoms with Crippen molar-refractivity contribution in [3.8, 4) is 5.75 Å². The van der Waals surface area contributed by atoms with E-state index in [4.69, 9.17) is 4.74 Å². The van der Waals surface area contributed by atoms with E-state index in [0.29, 0.717) is 24.4 Å². The minimum Gasteiger partial charge on any atom is -0.495 e. The Morgan fingerprint density at radius 2 is 1.91 bits per heavy atom. The van der Waals surface area contributed by atoms with E-state index in [1.807, 2.05) is 37.3 Å². The number of amides is 4. The summed E-state index contributed by atoms with van der Waals surface area (Å²) in [5.41, 5.74) is 2.51. The first kappa shape index (κ1) is 21.8. The first-order valence-electron chi connectivity index (χ1n) is 10.8. The number of nitrogens with zero attached hydrogens (tertiary/aromatic N) is 2. The molecule has 2 fully saturated rings. The van der Waals surface area contributed by atoms with Crippen molar-refractivity contribution in [2.45, 2.75) is 32.5 Å². The van der Waals surface area contributed by atoms with E-state index in [1.54, 1.807) is 18.2 Å². The number of fused-ring (bicyclic) bond motifs is 1. The van der Waals surface area contributed by atoms with Gasteiger partial charge in [0, 0.05) is 0 Å². The lowest BCUT2D eigenvalue weighted by Crippen LogP contribution is -2.68. The topological polar surface area (TPSA) is 91.0 Å². The normalized spacial score (nSPS) is 20.7. The minimum absolute atomic E-state index is 0.164. The molecule has 2 aliphatic heterocycles. The summed E-state index contributed by atoms with van der Waals surface area (Å²) < 4.78 is 5.29. The van der Waals surface area contributed by atoms with Crippen molar-refractivity contribution in [2.24, 2.45) is 5.92 Å². The van der Waals surface area contributed by atoms with Crippen LogP contribution in [0.4, 0.5) is 10.5 Å². The summed E-state index contributed by atoms with van der Waals surface area (Å²) in [4.78, 5) is 42.1. The molecule has 0 bridgehead atoms. The zero-order chi connectivity index (χ0) is 22.7. The number of hydrogen-bond donors (Lipinski definition) is 2. The fourth-order valence-electron chi connectivity index (χ4n) is 4.31. The number of piperidine rings is 1. The molecule has 8 nitrogen and oxygen atoms in total. The van der Waals surface area contributed by atoms with Crippen LogP contribution in [0.3, 0.4) is 0 Å². The number of hydrogen-bond acceptors (Lipinski definition) is 5. The quantitative estimate of drug-likeness (QED) is 0.727. The van der Waals surface area contributed by atoms with Gasteiger partial charge in [-0.3, -0.25) is 24.7 Å². The lowest BCUT2D eigenvalue weighted by Gasteiger charge is -2.46. The van der Waals surface area contributed by atoms with Gasteiger partial charge in [-0.25, -0.2) is 4.79 Å². The smallest absolute Gasteiger partial charge is 0.328 e. The summed E-state index contributed by atoms with van der Waals surface area (Å²) in [6.07, 6.45) is 1.04. The number of rotatable bonds is 6. The SMILES string of the molecule is COc1ccccc1NC(=O)CN1C(=O)N(Cc2ccc(C)cc2)C(=O)C2CCCNC21. The van der Waals surface area contributed by atoms with Crippen LogP contribution in [-0.4, -0.2) is 54.0 Å². The zero-order valence-corrected chi connectivity index (χ0v) is 18.3. The van der Waals surface area contributed by atoms with Gasteiger partial charge >= 0.3 is 6.03 Å². The molecular weight excluding hydrogens is 408 g/mol. The number of methoxy groups -OCH3 is 1. The molecule has 2 unspecified atom stereocenters. The van der Waals surface area contributed by atoms with E-state index < -0.39 is 12.2 Å². The molecule has 0 radical (unpaired) electrons. The Labute approximate surface area is 187 Å². The maximum atomic E-state index is 13.4. The van der Waals surface area contributed by atoms with Crippen LogP contribution in [0.5, 0.6) is 5.75 Å². The molecule has 168 valence electrons. The third-order valence-corrected chi connectivity index (χ3v) is 5.98. The van der Waals surface area contributed by atoms with E-state index in [9.17, 15) is 14.4 Å². The number of nitrogens with one attached hydrogen (secondary N) is 2. The molecule has 0 saturated carbocycles. The summed E-state index contributed by atoms with van der Waals surface area (Å²) >= 11 is 0. The second-order valence-electron chi connectivity index (χ2n) is 8.22. The average Bonchev–Trinajstić information content (AvgIpc) is 2.81. The number of carbonyl (C=O) groups excluding carboxylic acids is 3. The van der Waals surface area contributed by atoms with Crippen molar-refractivity contribution >= 4 is 23.5 Å². The van der Waals surface area contributed by atoms with Crippen molar-refractivity contribution in [3.63, 3.8) is 0 Å². The Kier molecular flexibility index (Phi) is 6.41. The summed E-state index contributed by atoms with van der Waals surface area (Å²) in [5.74, 6) is -0.366. The molecule has 2 aliphatic rings. The van der Waals surface area contributed by atoms with Gasteiger partial charge in [0.05, 0.1) is 31.4 Å². The third-order valence-electron chi connectivity index (χ3n) is 5.98. The Balaban J connectivity index is 1.54. The molecular formula is C24H28N4O4. The van der Waals surface area contributed by atoms with Crippen LogP contribution in [0.25, 0.3) is 0 Å². The molecule has 2 N–H and O–H groups in total. The summed E-state index contributed by atoms with van der Waals surface area (Å²) in [6, 6.07) is 14.4. The fourth-order valence-corrected chi connectivity index (χ4v) is 4.31. The molecule has 2 heterocycles. The number of benzene rings is 2. The van der Waals surface area contributed by atoms with Crippen LogP contribution >= 0.6 is 0 Å². The molecule has 32 heavy (non-hydrogen) atoms. The molecule has 2 aromatic rings. The number of carbonyl (C=O) groups is 3. The predicted octanol–water partition coefficient (Wildman–Crippen LogP) is 2.73. The second-order valence-corrected chi connectivity index (χ2v) is 8.22. The predicted molar refractivity (Wildman–Crippen MR) is 120 cm³/mol. The largest absolute Gasteiger partial charge is 0.495 e. The highest BCUT2D eigenvalue weighted by Gasteiger charge is 2.47. The summed E-state index contributed by atoms with van der Waals surface area (Å²) in [6.45, 7) is 2.71. The molecule has 4 amide bonds. The molecule has 0 spiro atoms. The lowest BCUT2D eigenvalue weighted by atomic mass is 9.91. The number of anilines is 1. The van der Waals surface area contributed by atoms with Crippen LogP contribution < -0.4 is 15.4 Å². The highest BCUT2D eigenvalue weighted by molar-refractivity contribution is 6.01. The van der Waals surface area contributed by atoms with Gasteiger partial charge in [-0.1, -0.05) is 42.0 Å². The second kappa shape index (κ2) is 9.40. The fraction of sp³-hybridized carbons (Fsp3) is 0.375. The van der Waals surface area contributed by atoms with Gasteiger partial charge in [-0.05, 0) is 44.0 Å². The molecule has 2 saturated heterocycles. The van der Waals surface area contributed by atoms with Gasteiger partial charge in [-0.15, -0.1) is 0 Å². The molecule has 0 aromatic heterocycles. The Morgan fingerprint density at radius 1 is 1.16 bits per heavy atom. The standard InChI is InChI=1S/C24H28N4O4/c1-16-9-11-17(12-10-16)14-28-23(30)18-6-5-13-25-22(18)27(24(28)31)15-21(29)26-19-7-3-4-8-20(19)32-2/h3-4,7-12,18,22,25H,5-6,13-15H2,1-2H3,(H,26,29). The van der Waals surface area contributed by atoms with Gasteiger partial charge in [0.1, 0.15) is 12.3 Å². The van der Waals surface area contributed by atoms with Crippen LogP contribution in [0.15, 0.2) is 48.5 Å². The van der Waals surface area contributed by atoms with Gasteiger partial charge < -0.3 is 10.1 Å². The minimum atomic E-state index is -0.485. The average molecular weight is 437 g/mol. The van der Waals surface area contributed by atoms with E-state index in [-0.39, 0.29) is 30.8 Å². The highest BCUT2D eigenvalue weighted by Crippen LogP contribution is 2.29. The van der Waals surface area contributed by atoms with Crippen LogP contribution in [-0.2, 0) is 16.1 Å². The van der Waals surface area contributed by atoms with Crippen molar-refractivity contribution in [1.82, 2.24) is 15.1 Å². The molecule has 2 aromatic carbocycles. The van der Waals surface area contributed by atoms with Crippen molar-refractivity contribution in [2.75, 3.05) is 25.5 Å². The maximum Gasteiger partial charge on any atom is 0.328 e. The molecule has 0 aliphatic carbocycles. The Hall–Kier alpha value is -3.39. The van der Waals surface area contributed by atoms with E-state index >= 15 is 0 Å². The summed E-state index contributed by atoms with van der Waals surface area (Å²) in [7, 11) is 1.53.